The predicted molar refractivity (Wildman–Crippen MR) is 224 cm³/mol. The number of hydrogen-bond acceptors (Lipinski definition) is 5. The van der Waals surface area contributed by atoms with Gasteiger partial charge >= 0.3 is 0 Å². The number of aromatic nitrogens is 1. The average molecular weight is 713 g/mol. The number of allylic oxidation sites excluding steroid dienone is 3. The van der Waals surface area contributed by atoms with Crippen molar-refractivity contribution in [1.29, 1.82) is 16.2 Å². The standard InChI is InChI=1S/C47H36N8/c48-43-39-22-8-9-23-40(39)54(37-25-27-51-28-26-37)44(43)42-38-21-7-10-24-41(38)55(46(42)50)53-47(36-20-12-18-34(30-36)32-15-5-2-6-16-32)52-45(49)35-19-11-17-33(29-35)31-13-3-1-4-14-31/h1-11,13-17,19-30,48,50H,12,18H2,(H2,49,52,53)/b44-42+,48-43?,50-46?. The smallest absolute Gasteiger partial charge is 0.154 e. The molecule has 8 nitrogen and oxygen atoms in total. The molecule has 5 aromatic carbocycles. The maximum absolute atomic E-state index is 9.84. The van der Waals surface area contributed by atoms with Crippen LogP contribution in [0.25, 0.3) is 22.3 Å². The van der Waals surface area contributed by atoms with E-state index in [1.165, 1.54) is 5.57 Å². The number of para-hydroxylation sites is 2. The van der Waals surface area contributed by atoms with Crippen LogP contribution in [0.4, 0.5) is 17.1 Å². The SMILES string of the molecule is N=C(N=C(NN1C(=N)/C(=C2\C(=N)c3ccccc3N2c2ccncc2)c2ccccc21)C1=CCCC(c2ccccc2)=C1)c1cccc(-c2ccccc2)c1. The number of rotatable bonds is 6. The Bertz CT molecular complexity index is 2620. The fourth-order valence-electron chi connectivity index (χ4n) is 7.49. The Hall–Kier alpha value is -7.45. The van der Waals surface area contributed by atoms with Gasteiger partial charge in [0.25, 0.3) is 0 Å². The van der Waals surface area contributed by atoms with Crippen LogP contribution in [0.3, 0.4) is 0 Å². The van der Waals surface area contributed by atoms with Crippen molar-refractivity contribution in [1.82, 2.24) is 10.4 Å². The summed E-state index contributed by atoms with van der Waals surface area (Å²) >= 11 is 0. The summed E-state index contributed by atoms with van der Waals surface area (Å²) in [6, 6.07) is 47.9. The molecule has 3 aliphatic rings. The molecule has 0 spiro atoms. The second-order valence-corrected chi connectivity index (χ2v) is 13.5. The molecule has 0 saturated heterocycles. The van der Waals surface area contributed by atoms with Crippen molar-refractivity contribution in [3.63, 3.8) is 0 Å². The number of fused-ring (bicyclic) bond motifs is 2. The van der Waals surface area contributed by atoms with Crippen LogP contribution >= 0.6 is 0 Å². The first kappa shape index (κ1) is 33.4. The molecule has 4 N–H and O–H groups in total. The molecule has 55 heavy (non-hydrogen) atoms. The maximum atomic E-state index is 9.84. The van der Waals surface area contributed by atoms with Gasteiger partial charge in [-0.05, 0) is 71.5 Å². The van der Waals surface area contributed by atoms with Gasteiger partial charge in [-0.3, -0.25) is 26.6 Å². The highest BCUT2D eigenvalue weighted by Gasteiger charge is 2.40. The third-order valence-corrected chi connectivity index (χ3v) is 10.1. The van der Waals surface area contributed by atoms with Crippen molar-refractivity contribution in [2.45, 2.75) is 12.8 Å². The number of anilines is 3. The van der Waals surface area contributed by atoms with E-state index in [1.807, 2.05) is 126 Å². The molecule has 0 saturated carbocycles. The Morgan fingerprint density at radius 1 is 0.673 bits per heavy atom. The van der Waals surface area contributed by atoms with E-state index in [2.05, 4.69) is 46.8 Å². The number of benzene rings is 5. The van der Waals surface area contributed by atoms with Crippen LogP contribution in [0.2, 0.25) is 0 Å². The molecule has 8 heteroatoms. The van der Waals surface area contributed by atoms with Crippen LogP contribution in [0, 0.1) is 16.2 Å². The molecule has 1 aliphatic carbocycles. The van der Waals surface area contributed by atoms with Gasteiger partial charge in [0.2, 0.25) is 0 Å². The minimum absolute atomic E-state index is 0.0934. The van der Waals surface area contributed by atoms with Gasteiger partial charge in [-0.1, -0.05) is 121 Å². The number of hydrogen-bond donors (Lipinski definition) is 4. The number of pyridine rings is 1. The lowest BCUT2D eigenvalue weighted by Crippen LogP contribution is -2.45. The second kappa shape index (κ2) is 14.2. The zero-order chi connectivity index (χ0) is 37.3. The second-order valence-electron chi connectivity index (χ2n) is 13.5. The molecule has 0 amide bonds. The molecule has 0 bridgehead atoms. The molecule has 0 atom stereocenters. The maximum Gasteiger partial charge on any atom is 0.154 e. The Morgan fingerprint density at radius 3 is 2.09 bits per heavy atom. The summed E-state index contributed by atoms with van der Waals surface area (Å²) < 4.78 is 0. The summed E-state index contributed by atoms with van der Waals surface area (Å²) in [5, 5.41) is 30.4. The van der Waals surface area contributed by atoms with E-state index in [1.54, 1.807) is 17.4 Å². The average Bonchev–Trinajstić information content (AvgIpc) is 3.70. The van der Waals surface area contributed by atoms with E-state index in [9.17, 15) is 16.2 Å². The molecular formula is C47H36N8. The summed E-state index contributed by atoms with van der Waals surface area (Å²) in [6.45, 7) is 0. The minimum atomic E-state index is 0.0934. The van der Waals surface area contributed by atoms with Crippen LogP contribution in [-0.4, -0.2) is 28.2 Å². The van der Waals surface area contributed by atoms with Crippen molar-refractivity contribution in [3.8, 4) is 11.1 Å². The van der Waals surface area contributed by atoms with Gasteiger partial charge in [-0.25, -0.2) is 10.0 Å². The van der Waals surface area contributed by atoms with Crippen LogP contribution in [0.5, 0.6) is 0 Å². The molecule has 3 heterocycles. The van der Waals surface area contributed by atoms with E-state index in [-0.39, 0.29) is 11.7 Å². The van der Waals surface area contributed by atoms with E-state index in [4.69, 9.17) is 4.99 Å². The van der Waals surface area contributed by atoms with Crippen molar-refractivity contribution in [3.05, 3.63) is 204 Å². The Kier molecular flexibility index (Phi) is 8.60. The van der Waals surface area contributed by atoms with E-state index < -0.39 is 0 Å². The summed E-state index contributed by atoms with van der Waals surface area (Å²) in [6.07, 6.45) is 9.44. The fraction of sp³-hybridized carbons (Fsp3) is 0.0426. The zero-order valence-electron chi connectivity index (χ0n) is 29.9. The van der Waals surface area contributed by atoms with Crippen LogP contribution in [-0.2, 0) is 0 Å². The first-order valence-electron chi connectivity index (χ1n) is 18.2. The van der Waals surface area contributed by atoms with E-state index in [0.29, 0.717) is 28.4 Å². The monoisotopic (exact) mass is 712 g/mol. The van der Waals surface area contributed by atoms with Crippen LogP contribution in [0.15, 0.2) is 186 Å². The highest BCUT2D eigenvalue weighted by atomic mass is 15.5. The zero-order valence-corrected chi connectivity index (χ0v) is 29.9. The lowest BCUT2D eigenvalue weighted by Gasteiger charge is -2.26. The highest BCUT2D eigenvalue weighted by Crippen LogP contribution is 2.47. The first-order valence-corrected chi connectivity index (χ1v) is 18.2. The predicted octanol–water partition coefficient (Wildman–Crippen LogP) is 10.2. The molecule has 1 aromatic heterocycles. The molecule has 0 unspecified atom stereocenters. The van der Waals surface area contributed by atoms with Gasteiger partial charge in [0.1, 0.15) is 0 Å². The molecule has 9 rings (SSSR count). The number of amidine groups is 3. The largest absolute Gasteiger partial charge is 0.307 e. The fourth-order valence-corrected chi connectivity index (χ4v) is 7.49. The molecule has 0 radical (unpaired) electrons. The lowest BCUT2D eigenvalue weighted by molar-refractivity contribution is 0.962. The summed E-state index contributed by atoms with van der Waals surface area (Å²) in [7, 11) is 0. The van der Waals surface area contributed by atoms with Crippen molar-refractivity contribution >= 4 is 51.4 Å². The Morgan fingerprint density at radius 2 is 1.33 bits per heavy atom. The number of aliphatic imine (C=N–C) groups is 1. The molecule has 2 aliphatic heterocycles. The molecular weight excluding hydrogens is 677 g/mol. The molecule has 6 aromatic rings. The van der Waals surface area contributed by atoms with Gasteiger partial charge in [0, 0.05) is 40.3 Å². The normalized spacial score (nSPS) is 16.4. The van der Waals surface area contributed by atoms with Crippen LogP contribution < -0.4 is 15.3 Å². The number of hydrazine groups is 1. The van der Waals surface area contributed by atoms with E-state index in [0.717, 1.165) is 63.3 Å². The van der Waals surface area contributed by atoms with Gasteiger partial charge in [-0.15, -0.1) is 0 Å². The summed E-state index contributed by atoms with van der Waals surface area (Å²) in [5.74, 6) is 0.711. The van der Waals surface area contributed by atoms with Gasteiger partial charge in [-0.2, -0.15) is 0 Å². The topological polar surface area (TPSA) is 115 Å². The summed E-state index contributed by atoms with van der Waals surface area (Å²) in [5.41, 5.74) is 15.1. The van der Waals surface area contributed by atoms with Crippen molar-refractivity contribution < 1.29 is 0 Å². The third kappa shape index (κ3) is 6.15. The molecule has 0 fully saturated rings. The highest BCUT2D eigenvalue weighted by molar-refractivity contribution is 6.42. The quantitative estimate of drug-likeness (QED) is 0.102. The number of nitrogens with one attached hydrogen (secondary N) is 4. The molecule has 264 valence electrons. The Balaban J connectivity index is 1.16. The minimum Gasteiger partial charge on any atom is -0.307 e. The lowest BCUT2D eigenvalue weighted by atomic mass is 9.93. The van der Waals surface area contributed by atoms with Gasteiger partial charge in [0.15, 0.2) is 17.5 Å². The van der Waals surface area contributed by atoms with Crippen molar-refractivity contribution in [2.24, 2.45) is 4.99 Å². The van der Waals surface area contributed by atoms with Gasteiger partial charge < -0.3 is 4.90 Å². The van der Waals surface area contributed by atoms with Crippen LogP contribution in [0.1, 0.15) is 35.1 Å². The number of nitrogens with zero attached hydrogens (tertiary/aromatic N) is 4. The first-order chi connectivity index (χ1) is 27.0. The van der Waals surface area contributed by atoms with Gasteiger partial charge in [0.05, 0.1) is 28.4 Å². The Labute approximate surface area is 319 Å². The van der Waals surface area contributed by atoms with Crippen molar-refractivity contribution in [2.75, 3.05) is 9.91 Å². The van der Waals surface area contributed by atoms with E-state index >= 15 is 0 Å². The third-order valence-electron chi connectivity index (χ3n) is 10.1. The summed E-state index contributed by atoms with van der Waals surface area (Å²) in [4.78, 5) is 11.3.